The van der Waals surface area contributed by atoms with Gasteiger partial charge < -0.3 is 4.90 Å². The number of fused-ring (bicyclic) bond motifs is 2. The number of rotatable bonds is 3. The number of para-hydroxylation sites is 4. The van der Waals surface area contributed by atoms with E-state index in [0.29, 0.717) is 23.0 Å². The third-order valence-electron chi connectivity index (χ3n) is 3.88. The predicted octanol–water partition coefficient (Wildman–Crippen LogP) is 3.71. The molecule has 2 aliphatic rings. The summed E-state index contributed by atoms with van der Waals surface area (Å²) in [5.74, 6) is 2.80. The van der Waals surface area contributed by atoms with Gasteiger partial charge in [0, 0.05) is 0 Å². The molecule has 0 aromatic heterocycles. The Balaban J connectivity index is 0.000000209. The van der Waals surface area contributed by atoms with Crippen LogP contribution in [0.5, 0.6) is 23.0 Å². The zero-order chi connectivity index (χ0) is 17.0. The van der Waals surface area contributed by atoms with E-state index in [0.717, 1.165) is 0 Å². The third kappa shape index (κ3) is 3.57. The van der Waals surface area contributed by atoms with Gasteiger partial charge in [0.1, 0.15) is 0 Å². The van der Waals surface area contributed by atoms with Crippen molar-refractivity contribution in [2.75, 3.05) is 19.6 Å². The fourth-order valence-corrected chi connectivity index (χ4v) is 7.58. The van der Waals surface area contributed by atoms with Crippen LogP contribution < -0.4 is 12.1 Å². The fourth-order valence-electron chi connectivity index (χ4n) is 2.47. The van der Waals surface area contributed by atoms with Crippen molar-refractivity contribution in [3.8, 4) is 23.0 Å². The van der Waals surface area contributed by atoms with Crippen molar-refractivity contribution in [1.82, 2.24) is 4.90 Å². The van der Waals surface area contributed by atoms with Crippen LogP contribution in [-0.2, 0) is 0 Å². The first-order valence-corrected chi connectivity index (χ1v) is 12.4. The van der Waals surface area contributed by atoms with Gasteiger partial charge >= 0.3 is 104 Å². The van der Waals surface area contributed by atoms with Crippen LogP contribution >= 0.6 is 0 Å². The summed E-state index contributed by atoms with van der Waals surface area (Å²) in [5, 5.41) is 0. The molecule has 0 fully saturated rings. The van der Waals surface area contributed by atoms with Gasteiger partial charge in [0.05, 0.1) is 0 Å². The van der Waals surface area contributed by atoms with E-state index in [1.807, 2.05) is 48.5 Å². The van der Waals surface area contributed by atoms with Crippen LogP contribution in [0.1, 0.15) is 20.8 Å². The van der Waals surface area contributed by atoms with Crippen LogP contribution in [0.25, 0.3) is 0 Å². The van der Waals surface area contributed by atoms with E-state index >= 15 is 0 Å². The minimum absolute atomic E-state index is 0.700. The summed E-state index contributed by atoms with van der Waals surface area (Å²) < 4.78 is 23.1. The summed E-state index contributed by atoms with van der Waals surface area (Å²) in [6.07, 6.45) is 0. The Morgan fingerprint density at radius 1 is 0.625 bits per heavy atom. The summed E-state index contributed by atoms with van der Waals surface area (Å²) in [6.45, 7) is 10.1. The molecule has 0 amide bonds. The van der Waals surface area contributed by atoms with Gasteiger partial charge in [0.2, 0.25) is 0 Å². The van der Waals surface area contributed by atoms with E-state index in [1.165, 1.54) is 19.6 Å². The second kappa shape index (κ2) is 7.54. The molecule has 4 rings (SSSR count). The standard InChI is InChI=1S/C6H15N.2C6H6O2.Sb/c1-4-7(5-2)6-3;2*7-5-3-1-2-4-6(5)8;/h4-6H2,1-3H3;2*1-4,7-8H;/q;;;+4/p-4. The second-order valence-corrected chi connectivity index (χ2v) is 9.96. The molecule has 2 aromatic carbocycles. The van der Waals surface area contributed by atoms with Crippen LogP contribution in [0.4, 0.5) is 0 Å². The van der Waals surface area contributed by atoms with E-state index in [1.54, 1.807) is 0 Å². The molecule has 0 saturated heterocycles. The van der Waals surface area contributed by atoms with Crippen LogP contribution in [0.15, 0.2) is 48.5 Å². The molecular formula is C18H23NO4Sb. The number of nitrogens with zero attached hydrogens (tertiary/aromatic N) is 1. The molecule has 1 radical (unpaired) electrons. The molecule has 2 aromatic rings. The molecule has 0 atom stereocenters. The Morgan fingerprint density at radius 3 is 1.12 bits per heavy atom. The summed E-state index contributed by atoms with van der Waals surface area (Å²) in [7, 11) is 0. The van der Waals surface area contributed by atoms with Crippen molar-refractivity contribution in [3.05, 3.63) is 48.5 Å². The number of hydrogen-bond acceptors (Lipinski definition) is 5. The Bertz CT molecular complexity index is 578. The molecule has 0 N–H and O–H groups in total. The van der Waals surface area contributed by atoms with E-state index in [4.69, 9.17) is 12.1 Å². The van der Waals surface area contributed by atoms with E-state index in [-0.39, 0.29) is 0 Å². The molecule has 2 aliphatic heterocycles. The summed E-state index contributed by atoms with van der Waals surface area (Å²) in [4.78, 5) is 2.38. The molecule has 129 valence electrons. The zero-order valence-electron chi connectivity index (χ0n) is 14.3. The molecule has 0 bridgehead atoms. The van der Waals surface area contributed by atoms with Gasteiger partial charge in [-0.25, -0.2) is 0 Å². The van der Waals surface area contributed by atoms with Gasteiger partial charge in [-0.2, -0.15) is 0 Å². The first-order valence-electron chi connectivity index (χ1n) is 8.27. The molecule has 2 heterocycles. The molecule has 6 heteroatoms. The fraction of sp³-hybridized carbons (Fsp3) is 0.333. The Morgan fingerprint density at radius 2 is 0.917 bits per heavy atom. The van der Waals surface area contributed by atoms with Crippen LogP contribution in [0, 0.1) is 0 Å². The van der Waals surface area contributed by atoms with Crippen molar-refractivity contribution in [2.24, 2.45) is 0 Å². The van der Waals surface area contributed by atoms with Gasteiger partial charge in [-0.15, -0.1) is 0 Å². The minimum atomic E-state index is -3.78. The SMILES string of the molecule is CCN(CC)CC.c1ccc2c(c1)[O][Sb]1([O]2)[O]c2ccccc2[O]1. The Hall–Kier alpha value is -1.58. The van der Waals surface area contributed by atoms with Gasteiger partial charge in [-0.3, -0.25) is 0 Å². The molecule has 0 aliphatic carbocycles. The van der Waals surface area contributed by atoms with Crippen LogP contribution in [0.2, 0.25) is 0 Å². The van der Waals surface area contributed by atoms with Crippen LogP contribution in [0.3, 0.4) is 0 Å². The molecule has 5 nitrogen and oxygen atoms in total. The van der Waals surface area contributed by atoms with Gasteiger partial charge in [-0.1, -0.05) is 20.8 Å². The third-order valence-corrected chi connectivity index (χ3v) is 8.68. The first-order chi connectivity index (χ1) is 11.7. The van der Waals surface area contributed by atoms with E-state index < -0.39 is 20.5 Å². The molecule has 1 spiro atoms. The molecular weight excluding hydrogens is 416 g/mol. The first kappa shape index (κ1) is 17.2. The second-order valence-electron chi connectivity index (χ2n) is 5.33. The monoisotopic (exact) mass is 438 g/mol. The van der Waals surface area contributed by atoms with E-state index in [9.17, 15) is 0 Å². The molecule has 0 unspecified atom stereocenters. The van der Waals surface area contributed by atoms with E-state index in [2.05, 4.69) is 25.7 Å². The normalized spacial score (nSPS) is 15.3. The maximum atomic E-state index is 5.77. The quantitative estimate of drug-likeness (QED) is 0.683. The summed E-state index contributed by atoms with van der Waals surface area (Å²) in [5.41, 5.74) is 0. The molecule has 0 saturated carbocycles. The van der Waals surface area contributed by atoms with Crippen molar-refractivity contribution in [3.63, 3.8) is 0 Å². The number of hydrogen-bond donors (Lipinski definition) is 0. The van der Waals surface area contributed by atoms with Gasteiger partial charge in [0.25, 0.3) is 0 Å². The van der Waals surface area contributed by atoms with Crippen LogP contribution in [-0.4, -0.2) is 45.0 Å². The van der Waals surface area contributed by atoms with Crippen molar-refractivity contribution >= 4 is 20.5 Å². The summed E-state index contributed by atoms with van der Waals surface area (Å²) in [6, 6.07) is 15.0. The van der Waals surface area contributed by atoms with Gasteiger partial charge in [0.15, 0.2) is 0 Å². The zero-order valence-corrected chi connectivity index (χ0v) is 16.8. The van der Waals surface area contributed by atoms with Crippen molar-refractivity contribution < 1.29 is 12.1 Å². The number of benzene rings is 2. The average Bonchev–Trinajstić information content (AvgIpc) is 3.15. The maximum absolute atomic E-state index is 5.77. The predicted molar refractivity (Wildman–Crippen MR) is 94.6 cm³/mol. The van der Waals surface area contributed by atoms with Crippen molar-refractivity contribution in [2.45, 2.75) is 20.8 Å². The summed E-state index contributed by atoms with van der Waals surface area (Å²) >= 11 is -3.78. The Labute approximate surface area is 149 Å². The average molecular weight is 439 g/mol. The Kier molecular flexibility index (Phi) is 5.42. The topological polar surface area (TPSA) is 40.2 Å². The molecule has 24 heavy (non-hydrogen) atoms. The van der Waals surface area contributed by atoms with Crippen molar-refractivity contribution in [1.29, 1.82) is 0 Å². The van der Waals surface area contributed by atoms with Gasteiger partial charge in [-0.05, 0) is 19.6 Å².